The largest absolute Gasteiger partial charge is 0.480 e. The van der Waals surface area contributed by atoms with Crippen molar-refractivity contribution in [1.29, 1.82) is 0 Å². The molecule has 0 heterocycles. The van der Waals surface area contributed by atoms with Gasteiger partial charge in [0.05, 0.1) is 0 Å². The predicted molar refractivity (Wildman–Crippen MR) is 90.2 cm³/mol. The molecular weight excluding hydrogens is 282 g/mol. The molecule has 0 fully saturated rings. The van der Waals surface area contributed by atoms with Crippen molar-refractivity contribution >= 4 is 17.7 Å². The molecule has 118 valence electrons. The van der Waals surface area contributed by atoms with Crippen LogP contribution >= 0.6 is 11.8 Å². The number of hydrogen-bond acceptors (Lipinski definition) is 3. The summed E-state index contributed by atoms with van der Waals surface area (Å²) >= 11 is 1.78. The zero-order chi connectivity index (χ0) is 16.1. The number of rotatable bonds is 7. The summed E-state index contributed by atoms with van der Waals surface area (Å²) in [7, 11) is 1.70. The first kappa shape index (κ1) is 18.1. The highest BCUT2D eigenvalue weighted by Crippen LogP contribution is 2.26. The Bertz CT molecular complexity index is 465. The molecule has 3 nitrogen and oxygen atoms in total. The van der Waals surface area contributed by atoms with Gasteiger partial charge in [-0.25, -0.2) is 0 Å². The Morgan fingerprint density at radius 2 is 1.76 bits per heavy atom. The van der Waals surface area contributed by atoms with Gasteiger partial charge < -0.3 is 10.4 Å². The van der Waals surface area contributed by atoms with Crippen molar-refractivity contribution in [3.63, 3.8) is 0 Å². The highest BCUT2D eigenvalue weighted by molar-refractivity contribution is 7.99. The number of aliphatic carboxylic acids is 1. The molecule has 0 aromatic heterocycles. The molecule has 2 N–H and O–H groups in total. The number of thioether (sulfide) groups is 1. The fraction of sp³-hybridized carbons (Fsp3) is 0.588. The van der Waals surface area contributed by atoms with E-state index in [2.05, 4.69) is 50.4 Å². The molecular formula is C17H27NO2S. The van der Waals surface area contributed by atoms with Crippen molar-refractivity contribution in [1.82, 2.24) is 5.32 Å². The van der Waals surface area contributed by atoms with Gasteiger partial charge in [-0.2, -0.15) is 0 Å². The van der Waals surface area contributed by atoms with Crippen LogP contribution in [0.15, 0.2) is 29.2 Å². The van der Waals surface area contributed by atoms with E-state index >= 15 is 0 Å². The maximum atomic E-state index is 11.2. The van der Waals surface area contributed by atoms with Crippen LogP contribution in [-0.2, 0) is 10.2 Å². The highest BCUT2D eigenvalue weighted by Gasteiger charge is 2.30. The fourth-order valence-corrected chi connectivity index (χ4v) is 2.86. The Hall–Kier alpha value is -1.00. The van der Waals surface area contributed by atoms with Gasteiger partial charge in [-0.1, -0.05) is 32.9 Å². The lowest BCUT2D eigenvalue weighted by Gasteiger charge is -2.23. The molecule has 1 unspecified atom stereocenters. The minimum Gasteiger partial charge on any atom is -0.480 e. The van der Waals surface area contributed by atoms with Crippen molar-refractivity contribution in [2.45, 2.75) is 56.4 Å². The smallest absolute Gasteiger partial charge is 0.323 e. The number of carbonyl (C=O) groups is 1. The first-order valence-corrected chi connectivity index (χ1v) is 8.33. The topological polar surface area (TPSA) is 49.3 Å². The summed E-state index contributed by atoms with van der Waals surface area (Å²) in [5, 5.41) is 12.1. The predicted octanol–water partition coefficient (Wildman–Crippen LogP) is 3.92. The summed E-state index contributed by atoms with van der Waals surface area (Å²) in [6.45, 7) is 8.36. The molecule has 0 aliphatic carbocycles. The van der Waals surface area contributed by atoms with Crippen molar-refractivity contribution in [2.75, 3.05) is 12.8 Å². The van der Waals surface area contributed by atoms with E-state index in [-0.39, 0.29) is 5.41 Å². The molecule has 0 spiro atoms. The van der Waals surface area contributed by atoms with Gasteiger partial charge in [0.2, 0.25) is 0 Å². The van der Waals surface area contributed by atoms with Gasteiger partial charge in [0.25, 0.3) is 0 Å². The van der Waals surface area contributed by atoms with Gasteiger partial charge in [0, 0.05) is 4.90 Å². The monoisotopic (exact) mass is 309 g/mol. The summed E-state index contributed by atoms with van der Waals surface area (Å²) < 4.78 is 0. The van der Waals surface area contributed by atoms with E-state index in [4.69, 9.17) is 0 Å². The molecule has 0 saturated heterocycles. The normalized spacial score (nSPS) is 14.7. The quantitative estimate of drug-likeness (QED) is 0.592. The van der Waals surface area contributed by atoms with Crippen LogP contribution in [0.4, 0.5) is 0 Å². The second-order valence-electron chi connectivity index (χ2n) is 6.61. The van der Waals surface area contributed by atoms with Gasteiger partial charge >= 0.3 is 5.97 Å². The van der Waals surface area contributed by atoms with Gasteiger partial charge in [0.1, 0.15) is 5.54 Å². The van der Waals surface area contributed by atoms with Crippen molar-refractivity contribution in [2.24, 2.45) is 0 Å². The molecule has 0 aliphatic heterocycles. The van der Waals surface area contributed by atoms with Gasteiger partial charge in [-0.3, -0.25) is 4.79 Å². The minimum atomic E-state index is -0.823. The molecule has 1 aromatic carbocycles. The lowest BCUT2D eigenvalue weighted by Crippen LogP contribution is -2.47. The molecule has 21 heavy (non-hydrogen) atoms. The van der Waals surface area contributed by atoms with E-state index in [9.17, 15) is 9.90 Å². The van der Waals surface area contributed by atoms with E-state index < -0.39 is 11.5 Å². The van der Waals surface area contributed by atoms with E-state index in [0.717, 1.165) is 12.2 Å². The number of carboxylic acids is 1. The third-order valence-electron chi connectivity index (χ3n) is 3.83. The summed E-state index contributed by atoms with van der Waals surface area (Å²) in [5.74, 6) is 0.143. The Balaban J connectivity index is 2.45. The third kappa shape index (κ3) is 5.36. The van der Waals surface area contributed by atoms with E-state index in [1.807, 2.05) is 0 Å². The SMILES string of the molecule is CNC(C)(CCCSc1ccc(C(C)(C)C)cc1)C(=O)O. The average molecular weight is 309 g/mol. The van der Waals surface area contributed by atoms with Crippen LogP contribution in [0.25, 0.3) is 0 Å². The van der Waals surface area contributed by atoms with Crippen molar-refractivity contribution in [3.05, 3.63) is 29.8 Å². The van der Waals surface area contributed by atoms with Crippen LogP contribution in [0, 0.1) is 0 Å². The lowest BCUT2D eigenvalue weighted by molar-refractivity contribution is -0.144. The fourth-order valence-electron chi connectivity index (χ4n) is 2.01. The molecule has 1 rings (SSSR count). The zero-order valence-electron chi connectivity index (χ0n) is 13.7. The number of likely N-dealkylation sites (N-methyl/N-ethyl adjacent to an activating group) is 1. The summed E-state index contributed by atoms with van der Waals surface area (Å²) in [4.78, 5) is 12.4. The number of nitrogens with one attached hydrogen (secondary N) is 1. The van der Waals surface area contributed by atoms with Crippen LogP contribution in [0.2, 0.25) is 0 Å². The summed E-state index contributed by atoms with van der Waals surface area (Å²) in [5.41, 5.74) is 0.691. The van der Waals surface area contributed by atoms with Gasteiger partial charge in [-0.15, -0.1) is 11.8 Å². The van der Waals surface area contributed by atoms with Gasteiger partial charge in [0.15, 0.2) is 0 Å². The van der Waals surface area contributed by atoms with Crippen LogP contribution in [0.1, 0.15) is 46.1 Å². The molecule has 1 atom stereocenters. The Kier molecular flexibility index (Phi) is 6.29. The Labute approximate surface area is 132 Å². The highest BCUT2D eigenvalue weighted by atomic mass is 32.2. The van der Waals surface area contributed by atoms with Crippen molar-refractivity contribution in [3.8, 4) is 0 Å². The maximum absolute atomic E-state index is 11.2. The number of hydrogen-bond donors (Lipinski definition) is 2. The Morgan fingerprint density at radius 3 is 2.19 bits per heavy atom. The first-order valence-electron chi connectivity index (χ1n) is 7.35. The minimum absolute atomic E-state index is 0.180. The number of benzene rings is 1. The van der Waals surface area contributed by atoms with Crippen molar-refractivity contribution < 1.29 is 9.90 Å². The van der Waals surface area contributed by atoms with E-state index in [1.165, 1.54) is 10.5 Å². The standard InChI is InChI=1S/C17H27NO2S/c1-16(2,3)13-7-9-14(10-8-13)21-12-6-11-17(4,18-5)15(19)20/h7-10,18H,6,11-12H2,1-5H3,(H,19,20). The average Bonchev–Trinajstić information content (AvgIpc) is 2.42. The lowest BCUT2D eigenvalue weighted by atomic mass is 9.87. The van der Waals surface area contributed by atoms with Crippen LogP contribution in [0.5, 0.6) is 0 Å². The summed E-state index contributed by atoms with van der Waals surface area (Å²) in [6.07, 6.45) is 1.50. The maximum Gasteiger partial charge on any atom is 0.323 e. The second-order valence-corrected chi connectivity index (χ2v) is 7.78. The van der Waals surface area contributed by atoms with Crippen LogP contribution < -0.4 is 5.32 Å². The van der Waals surface area contributed by atoms with Gasteiger partial charge in [-0.05, 0) is 55.7 Å². The molecule has 0 saturated carbocycles. The molecule has 0 aliphatic rings. The van der Waals surface area contributed by atoms with E-state index in [1.54, 1.807) is 25.7 Å². The summed E-state index contributed by atoms with van der Waals surface area (Å²) in [6, 6.07) is 8.66. The molecule has 4 heteroatoms. The zero-order valence-corrected chi connectivity index (χ0v) is 14.5. The first-order chi connectivity index (χ1) is 9.69. The Morgan fingerprint density at radius 1 is 1.19 bits per heavy atom. The molecule has 0 amide bonds. The third-order valence-corrected chi connectivity index (χ3v) is 4.93. The number of carboxylic acid groups (broad SMARTS) is 1. The molecule has 0 bridgehead atoms. The van der Waals surface area contributed by atoms with E-state index in [0.29, 0.717) is 6.42 Å². The van der Waals surface area contributed by atoms with Crippen LogP contribution in [0.3, 0.4) is 0 Å². The second kappa shape index (κ2) is 7.32. The molecule has 0 radical (unpaired) electrons. The molecule has 1 aromatic rings. The van der Waals surface area contributed by atoms with Crippen LogP contribution in [-0.4, -0.2) is 29.4 Å².